The average Bonchev–Trinajstić information content (AvgIpc) is 2.64. The molecule has 0 aliphatic rings. The second-order valence-electron chi connectivity index (χ2n) is 6.32. The van der Waals surface area contributed by atoms with Crippen molar-refractivity contribution >= 4 is 17.0 Å². The Labute approximate surface area is 149 Å². The van der Waals surface area contributed by atoms with Crippen molar-refractivity contribution in [1.29, 1.82) is 0 Å². The van der Waals surface area contributed by atoms with Crippen LogP contribution in [0.4, 0.5) is 0 Å². The van der Waals surface area contributed by atoms with Gasteiger partial charge in [0.05, 0.1) is 5.39 Å². The Kier molecular flexibility index (Phi) is 4.23. The van der Waals surface area contributed by atoms with E-state index < -0.39 is 17.2 Å². The van der Waals surface area contributed by atoms with E-state index >= 15 is 0 Å². The first-order valence-electron chi connectivity index (χ1n) is 8.08. The molecule has 0 bridgehead atoms. The van der Waals surface area contributed by atoms with Crippen LogP contribution >= 0.6 is 0 Å². The third-order valence-electron chi connectivity index (χ3n) is 4.58. The highest BCUT2D eigenvalue weighted by Crippen LogP contribution is 2.26. The van der Waals surface area contributed by atoms with Crippen molar-refractivity contribution in [1.82, 2.24) is 14.1 Å². The van der Waals surface area contributed by atoms with Gasteiger partial charge in [0.25, 0.3) is 5.56 Å². The normalized spacial score (nSPS) is 11.0. The summed E-state index contributed by atoms with van der Waals surface area (Å²) in [6.07, 6.45) is 0. The summed E-state index contributed by atoms with van der Waals surface area (Å²) in [5.41, 5.74) is 1.93. The van der Waals surface area contributed by atoms with E-state index in [2.05, 4.69) is 4.98 Å². The third kappa shape index (κ3) is 2.71. The van der Waals surface area contributed by atoms with Gasteiger partial charge in [-0.25, -0.2) is 14.6 Å². The number of hydrogen-bond donors (Lipinski definition) is 0. The Bertz CT molecular complexity index is 1170. The SMILES string of the molecule is Cc1ccc(C)c(OC(=O)c2ccc3c(=O)n(C)c(=O)n(C)c3n2)c1C. The van der Waals surface area contributed by atoms with Gasteiger partial charge < -0.3 is 4.74 Å². The number of carbonyl (C=O) groups is 1. The van der Waals surface area contributed by atoms with Gasteiger partial charge in [-0.2, -0.15) is 0 Å². The fraction of sp³-hybridized carbons (Fsp3) is 0.263. The van der Waals surface area contributed by atoms with Crippen LogP contribution in [0.2, 0.25) is 0 Å². The minimum absolute atomic E-state index is 0.0288. The monoisotopic (exact) mass is 353 g/mol. The van der Waals surface area contributed by atoms with Gasteiger partial charge in [-0.15, -0.1) is 0 Å². The molecule has 0 N–H and O–H groups in total. The number of rotatable bonds is 2. The number of carbonyl (C=O) groups excluding carboxylic acids is 1. The molecule has 0 fully saturated rings. The number of esters is 1. The number of pyridine rings is 1. The molecule has 134 valence electrons. The van der Waals surface area contributed by atoms with E-state index in [0.29, 0.717) is 5.75 Å². The van der Waals surface area contributed by atoms with Gasteiger partial charge in [-0.05, 0) is 49.6 Å². The maximum atomic E-state index is 12.6. The molecule has 0 aliphatic carbocycles. The Balaban J connectivity index is 2.10. The summed E-state index contributed by atoms with van der Waals surface area (Å²) in [7, 11) is 2.90. The van der Waals surface area contributed by atoms with E-state index in [0.717, 1.165) is 21.3 Å². The van der Waals surface area contributed by atoms with Gasteiger partial charge in [-0.3, -0.25) is 13.9 Å². The Hall–Kier alpha value is -3.22. The van der Waals surface area contributed by atoms with Crippen LogP contribution in [0.1, 0.15) is 27.2 Å². The first kappa shape index (κ1) is 17.6. The van der Waals surface area contributed by atoms with E-state index in [4.69, 9.17) is 4.74 Å². The lowest BCUT2D eigenvalue weighted by Crippen LogP contribution is -2.37. The summed E-state index contributed by atoms with van der Waals surface area (Å²) in [5, 5.41) is 0.258. The second-order valence-corrected chi connectivity index (χ2v) is 6.32. The smallest absolute Gasteiger partial charge is 0.362 e. The van der Waals surface area contributed by atoms with Gasteiger partial charge in [0.2, 0.25) is 0 Å². The molecule has 7 nitrogen and oxygen atoms in total. The number of ether oxygens (including phenoxy) is 1. The average molecular weight is 353 g/mol. The Morgan fingerprint density at radius 2 is 1.62 bits per heavy atom. The highest BCUT2D eigenvalue weighted by atomic mass is 16.5. The standard InChI is InChI=1S/C19H19N3O4/c1-10-6-7-11(2)15(12(10)3)26-18(24)14-9-8-13-16(20-14)21(4)19(25)22(5)17(13)23/h6-9H,1-5H3. The molecule has 7 heteroatoms. The van der Waals surface area contributed by atoms with E-state index in [-0.39, 0.29) is 16.7 Å². The maximum Gasteiger partial charge on any atom is 0.362 e. The van der Waals surface area contributed by atoms with Crippen molar-refractivity contribution in [2.75, 3.05) is 0 Å². The molecule has 3 aromatic rings. The molecule has 0 amide bonds. The largest absolute Gasteiger partial charge is 0.421 e. The van der Waals surface area contributed by atoms with Gasteiger partial charge in [0.1, 0.15) is 11.4 Å². The molecule has 2 aromatic heterocycles. The fourth-order valence-electron chi connectivity index (χ4n) is 2.80. The van der Waals surface area contributed by atoms with Crippen molar-refractivity contribution in [3.05, 3.63) is 67.5 Å². The predicted octanol–water partition coefficient (Wildman–Crippen LogP) is 1.78. The quantitative estimate of drug-likeness (QED) is 0.518. The maximum absolute atomic E-state index is 12.6. The highest BCUT2D eigenvalue weighted by Gasteiger charge is 2.17. The number of fused-ring (bicyclic) bond motifs is 1. The molecular weight excluding hydrogens is 334 g/mol. The zero-order valence-corrected chi connectivity index (χ0v) is 15.3. The molecule has 0 aliphatic heterocycles. The summed E-state index contributed by atoms with van der Waals surface area (Å²) >= 11 is 0. The third-order valence-corrected chi connectivity index (χ3v) is 4.58. The van der Waals surface area contributed by atoms with Crippen molar-refractivity contribution in [2.45, 2.75) is 20.8 Å². The van der Waals surface area contributed by atoms with Crippen molar-refractivity contribution < 1.29 is 9.53 Å². The van der Waals surface area contributed by atoms with Crippen LogP contribution in [0.5, 0.6) is 5.75 Å². The number of benzene rings is 1. The van der Waals surface area contributed by atoms with Gasteiger partial charge in [0, 0.05) is 14.1 Å². The van der Waals surface area contributed by atoms with Gasteiger partial charge in [0.15, 0.2) is 5.69 Å². The summed E-state index contributed by atoms with van der Waals surface area (Å²) in [4.78, 5) is 41.0. The van der Waals surface area contributed by atoms with Crippen molar-refractivity contribution in [3.63, 3.8) is 0 Å². The first-order chi connectivity index (χ1) is 12.2. The Morgan fingerprint density at radius 1 is 0.962 bits per heavy atom. The molecule has 0 atom stereocenters. The summed E-state index contributed by atoms with van der Waals surface area (Å²) < 4.78 is 7.78. The van der Waals surface area contributed by atoms with Crippen LogP contribution in [0, 0.1) is 20.8 Å². The van der Waals surface area contributed by atoms with Crippen LogP contribution in [-0.2, 0) is 14.1 Å². The summed E-state index contributed by atoms with van der Waals surface area (Å²) in [5.74, 6) is -0.147. The van der Waals surface area contributed by atoms with Gasteiger partial charge in [-0.1, -0.05) is 12.1 Å². The summed E-state index contributed by atoms with van der Waals surface area (Å²) in [6.45, 7) is 5.68. The topological polar surface area (TPSA) is 83.2 Å². The predicted molar refractivity (Wildman–Crippen MR) is 97.8 cm³/mol. The molecule has 0 saturated carbocycles. The molecule has 0 unspecified atom stereocenters. The molecule has 0 spiro atoms. The van der Waals surface area contributed by atoms with Crippen LogP contribution < -0.4 is 16.0 Å². The lowest BCUT2D eigenvalue weighted by atomic mass is 10.1. The summed E-state index contributed by atoms with van der Waals surface area (Å²) in [6, 6.07) is 6.75. The highest BCUT2D eigenvalue weighted by molar-refractivity contribution is 5.91. The van der Waals surface area contributed by atoms with Crippen molar-refractivity contribution in [2.24, 2.45) is 14.1 Å². The lowest BCUT2D eigenvalue weighted by Gasteiger charge is -2.13. The van der Waals surface area contributed by atoms with E-state index in [9.17, 15) is 14.4 Å². The molecule has 0 saturated heterocycles. The lowest BCUT2D eigenvalue weighted by molar-refractivity contribution is 0.0726. The Morgan fingerprint density at radius 3 is 2.31 bits per heavy atom. The second kappa shape index (κ2) is 6.25. The van der Waals surface area contributed by atoms with E-state index in [1.807, 2.05) is 32.9 Å². The molecular formula is C19H19N3O4. The molecule has 0 radical (unpaired) electrons. The molecule has 26 heavy (non-hydrogen) atoms. The number of aromatic nitrogens is 3. The zero-order valence-electron chi connectivity index (χ0n) is 15.3. The number of nitrogens with zero attached hydrogens (tertiary/aromatic N) is 3. The first-order valence-corrected chi connectivity index (χ1v) is 8.08. The minimum Gasteiger partial charge on any atom is -0.421 e. The van der Waals surface area contributed by atoms with Crippen molar-refractivity contribution in [3.8, 4) is 5.75 Å². The minimum atomic E-state index is -0.642. The van der Waals surface area contributed by atoms with Crippen LogP contribution in [0.3, 0.4) is 0 Å². The van der Waals surface area contributed by atoms with E-state index in [1.54, 1.807) is 0 Å². The van der Waals surface area contributed by atoms with Crippen LogP contribution in [0.25, 0.3) is 11.0 Å². The van der Waals surface area contributed by atoms with E-state index in [1.165, 1.54) is 30.8 Å². The molecule has 3 rings (SSSR count). The molecule has 2 heterocycles. The zero-order chi connectivity index (χ0) is 19.2. The van der Waals surface area contributed by atoms with Gasteiger partial charge >= 0.3 is 11.7 Å². The van der Waals surface area contributed by atoms with Crippen LogP contribution in [0.15, 0.2) is 33.9 Å². The number of hydrogen-bond acceptors (Lipinski definition) is 5. The molecule has 1 aromatic carbocycles. The fourth-order valence-corrected chi connectivity index (χ4v) is 2.80. The van der Waals surface area contributed by atoms with Crippen LogP contribution in [-0.4, -0.2) is 20.1 Å². The number of aryl methyl sites for hydroxylation is 3.